The topological polar surface area (TPSA) is 54.0 Å². The predicted octanol–water partition coefficient (Wildman–Crippen LogP) is 2.25. The lowest BCUT2D eigenvalue weighted by Crippen LogP contribution is -2.34. The van der Waals surface area contributed by atoms with Crippen molar-refractivity contribution in [3.8, 4) is 0 Å². The Morgan fingerprint density at radius 2 is 2.05 bits per heavy atom. The van der Waals surface area contributed by atoms with Crippen LogP contribution in [0.25, 0.3) is 0 Å². The second-order valence-electron chi connectivity index (χ2n) is 5.23. The summed E-state index contributed by atoms with van der Waals surface area (Å²) in [7, 11) is 1.87. The molecule has 2 N–H and O–H groups in total. The first kappa shape index (κ1) is 14.0. The van der Waals surface area contributed by atoms with E-state index in [9.17, 15) is 4.79 Å². The second kappa shape index (κ2) is 7.24. The third-order valence-electron chi connectivity index (χ3n) is 3.63. The molecule has 4 nitrogen and oxygen atoms in total. The van der Waals surface area contributed by atoms with Gasteiger partial charge >= 0.3 is 0 Å². The summed E-state index contributed by atoms with van der Waals surface area (Å²) >= 11 is 0. The Morgan fingerprint density at radius 1 is 1.32 bits per heavy atom. The maximum atomic E-state index is 12.2. The number of carbonyl (C=O) groups is 1. The molecule has 1 fully saturated rings. The molecular formula is C15H23N3O. The van der Waals surface area contributed by atoms with E-state index in [0.717, 1.165) is 18.5 Å². The van der Waals surface area contributed by atoms with Gasteiger partial charge in [-0.1, -0.05) is 25.7 Å². The molecule has 0 bridgehead atoms. The second-order valence-corrected chi connectivity index (χ2v) is 5.23. The fourth-order valence-electron chi connectivity index (χ4n) is 2.59. The molecule has 0 spiro atoms. The molecule has 104 valence electrons. The summed E-state index contributed by atoms with van der Waals surface area (Å²) in [6.07, 6.45) is 8.98. The summed E-state index contributed by atoms with van der Waals surface area (Å²) < 4.78 is 0. The summed E-state index contributed by atoms with van der Waals surface area (Å²) in [6.45, 7) is 0.685. The molecule has 4 heteroatoms. The van der Waals surface area contributed by atoms with Gasteiger partial charge in [0, 0.05) is 24.3 Å². The summed E-state index contributed by atoms with van der Waals surface area (Å²) in [5.74, 6) is 0.0339. The lowest BCUT2D eigenvalue weighted by molar-refractivity contribution is 0.0933. The Balaban J connectivity index is 1.96. The number of nitrogens with one attached hydrogen (secondary N) is 2. The van der Waals surface area contributed by atoms with Crippen LogP contribution in [0.3, 0.4) is 0 Å². The molecule has 0 aliphatic heterocycles. The molecule has 1 amide bonds. The lowest BCUT2D eigenvalue weighted by Gasteiger charge is -2.16. The number of nitrogens with zero attached hydrogens (tertiary/aromatic N) is 1. The number of carbonyl (C=O) groups excluding carboxylic acids is 1. The standard InChI is InChI=1S/C15H23N3O/c1-16-11-14-10-12(8-9-17-14)15(19)18-13-6-4-2-3-5-7-13/h8-10,13,16H,2-7,11H2,1H3,(H,18,19). The Bertz CT molecular complexity index is 412. The number of amides is 1. The zero-order valence-electron chi connectivity index (χ0n) is 11.6. The summed E-state index contributed by atoms with van der Waals surface area (Å²) in [5.41, 5.74) is 1.61. The van der Waals surface area contributed by atoms with Crippen LogP contribution in [0.5, 0.6) is 0 Å². The average Bonchev–Trinajstić information content (AvgIpc) is 2.68. The minimum Gasteiger partial charge on any atom is -0.349 e. The van der Waals surface area contributed by atoms with Crippen molar-refractivity contribution in [2.75, 3.05) is 7.05 Å². The molecule has 2 rings (SSSR count). The summed E-state index contributed by atoms with van der Waals surface area (Å²) in [4.78, 5) is 16.5. The van der Waals surface area contributed by atoms with Gasteiger partial charge in [-0.3, -0.25) is 9.78 Å². The highest BCUT2D eigenvalue weighted by Gasteiger charge is 2.15. The lowest BCUT2D eigenvalue weighted by atomic mass is 10.1. The van der Waals surface area contributed by atoms with E-state index in [1.807, 2.05) is 13.1 Å². The molecule has 0 radical (unpaired) electrons. The van der Waals surface area contributed by atoms with Crippen molar-refractivity contribution >= 4 is 5.91 Å². The highest BCUT2D eigenvalue weighted by Crippen LogP contribution is 2.17. The molecule has 0 saturated heterocycles. The van der Waals surface area contributed by atoms with E-state index in [0.29, 0.717) is 18.2 Å². The highest BCUT2D eigenvalue weighted by atomic mass is 16.1. The van der Waals surface area contributed by atoms with E-state index in [1.54, 1.807) is 12.3 Å². The van der Waals surface area contributed by atoms with Crippen LogP contribution in [-0.2, 0) is 6.54 Å². The molecule has 1 aromatic rings. The molecule has 19 heavy (non-hydrogen) atoms. The van der Waals surface area contributed by atoms with Crippen LogP contribution in [-0.4, -0.2) is 24.0 Å². The minimum absolute atomic E-state index is 0.0339. The van der Waals surface area contributed by atoms with Gasteiger partial charge < -0.3 is 10.6 Å². The van der Waals surface area contributed by atoms with E-state index in [4.69, 9.17) is 0 Å². The number of aromatic nitrogens is 1. The fraction of sp³-hybridized carbons (Fsp3) is 0.600. The van der Waals surface area contributed by atoms with E-state index < -0.39 is 0 Å². The molecular weight excluding hydrogens is 238 g/mol. The maximum absolute atomic E-state index is 12.2. The van der Waals surface area contributed by atoms with Crippen molar-refractivity contribution in [1.82, 2.24) is 15.6 Å². The SMILES string of the molecule is CNCc1cc(C(=O)NC2CCCCCC2)ccn1. The van der Waals surface area contributed by atoms with Crippen LogP contribution in [0.2, 0.25) is 0 Å². The van der Waals surface area contributed by atoms with Crippen molar-refractivity contribution in [2.45, 2.75) is 51.1 Å². The first-order valence-corrected chi connectivity index (χ1v) is 7.20. The zero-order valence-corrected chi connectivity index (χ0v) is 11.6. The first-order chi connectivity index (χ1) is 9.29. The monoisotopic (exact) mass is 261 g/mol. The van der Waals surface area contributed by atoms with Crippen molar-refractivity contribution in [3.05, 3.63) is 29.6 Å². The van der Waals surface area contributed by atoms with Crippen LogP contribution < -0.4 is 10.6 Å². The summed E-state index contributed by atoms with van der Waals surface area (Å²) in [5, 5.41) is 6.20. The van der Waals surface area contributed by atoms with Gasteiger partial charge in [-0.25, -0.2) is 0 Å². The molecule has 0 aromatic carbocycles. The largest absolute Gasteiger partial charge is 0.349 e. The minimum atomic E-state index is 0.0339. The van der Waals surface area contributed by atoms with Crippen molar-refractivity contribution in [1.29, 1.82) is 0 Å². The van der Waals surface area contributed by atoms with Crippen molar-refractivity contribution in [2.24, 2.45) is 0 Å². The number of pyridine rings is 1. The third-order valence-corrected chi connectivity index (χ3v) is 3.63. The van der Waals surface area contributed by atoms with E-state index >= 15 is 0 Å². The first-order valence-electron chi connectivity index (χ1n) is 7.20. The highest BCUT2D eigenvalue weighted by molar-refractivity contribution is 5.94. The Morgan fingerprint density at radius 3 is 2.74 bits per heavy atom. The molecule has 1 saturated carbocycles. The van der Waals surface area contributed by atoms with E-state index in [-0.39, 0.29) is 5.91 Å². The van der Waals surface area contributed by atoms with Crippen LogP contribution in [0.1, 0.15) is 54.6 Å². The van der Waals surface area contributed by atoms with Crippen LogP contribution in [0, 0.1) is 0 Å². The predicted molar refractivity (Wildman–Crippen MR) is 76.0 cm³/mol. The Hall–Kier alpha value is -1.42. The normalized spacial score (nSPS) is 16.9. The van der Waals surface area contributed by atoms with Crippen molar-refractivity contribution < 1.29 is 4.79 Å². The zero-order chi connectivity index (χ0) is 13.5. The van der Waals surface area contributed by atoms with Gasteiger partial charge in [0.15, 0.2) is 0 Å². The number of hydrogen-bond donors (Lipinski definition) is 2. The van der Waals surface area contributed by atoms with E-state index in [2.05, 4.69) is 15.6 Å². The van der Waals surface area contributed by atoms with Crippen LogP contribution in [0.4, 0.5) is 0 Å². The molecule has 1 aromatic heterocycles. The van der Waals surface area contributed by atoms with Gasteiger partial charge in [-0.2, -0.15) is 0 Å². The number of rotatable bonds is 4. The van der Waals surface area contributed by atoms with Gasteiger partial charge in [0.05, 0.1) is 5.69 Å². The van der Waals surface area contributed by atoms with Gasteiger partial charge in [0.2, 0.25) is 0 Å². The van der Waals surface area contributed by atoms with Crippen LogP contribution in [0.15, 0.2) is 18.3 Å². The summed E-state index contributed by atoms with van der Waals surface area (Å²) in [6, 6.07) is 3.99. The Labute approximate surface area is 115 Å². The fourth-order valence-corrected chi connectivity index (χ4v) is 2.59. The molecule has 1 aliphatic rings. The van der Waals surface area contributed by atoms with Gasteiger partial charge in [-0.15, -0.1) is 0 Å². The quantitative estimate of drug-likeness (QED) is 0.817. The molecule has 0 atom stereocenters. The van der Waals surface area contributed by atoms with Crippen LogP contribution >= 0.6 is 0 Å². The maximum Gasteiger partial charge on any atom is 0.251 e. The van der Waals surface area contributed by atoms with Gasteiger partial charge in [-0.05, 0) is 32.0 Å². The molecule has 1 aliphatic carbocycles. The third kappa shape index (κ3) is 4.31. The van der Waals surface area contributed by atoms with Gasteiger partial charge in [0.25, 0.3) is 5.91 Å². The molecule has 1 heterocycles. The van der Waals surface area contributed by atoms with E-state index in [1.165, 1.54) is 25.7 Å². The smallest absolute Gasteiger partial charge is 0.251 e. The average molecular weight is 261 g/mol. The molecule has 0 unspecified atom stereocenters. The number of hydrogen-bond acceptors (Lipinski definition) is 3. The Kier molecular flexibility index (Phi) is 5.33. The van der Waals surface area contributed by atoms with Gasteiger partial charge in [0.1, 0.15) is 0 Å². The van der Waals surface area contributed by atoms with Crippen molar-refractivity contribution in [3.63, 3.8) is 0 Å².